The van der Waals surface area contributed by atoms with Crippen LogP contribution < -0.4 is 11.2 Å². The highest BCUT2D eigenvalue weighted by atomic mass is 32.2. The molecule has 2 heterocycles. The third kappa shape index (κ3) is 2.92. The summed E-state index contributed by atoms with van der Waals surface area (Å²) in [6, 6.07) is 0. The minimum Gasteiger partial charge on any atom is -0.394 e. The fraction of sp³-hybridized carbons (Fsp3) is 0.636. The normalized spacial score (nSPS) is 26.8. The maximum Gasteiger partial charge on any atom is 0.330 e. The number of aromatic nitrogens is 2. The molecule has 0 aromatic carbocycles. The number of aromatic amines is 1. The summed E-state index contributed by atoms with van der Waals surface area (Å²) < 4.78 is 6.64. The van der Waals surface area contributed by atoms with E-state index in [2.05, 4.69) is 4.98 Å². The van der Waals surface area contributed by atoms with Gasteiger partial charge in [0.25, 0.3) is 5.56 Å². The van der Waals surface area contributed by atoms with E-state index in [1.165, 1.54) is 22.5 Å². The number of aliphatic hydroxyl groups is 2. The second-order valence-electron chi connectivity index (χ2n) is 4.21. The molecule has 0 radical (unpaired) electrons. The highest BCUT2D eigenvalue weighted by Gasteiger charge is 2.35. The molecule has 1 fully saturated rings. The first-order chi connectivity index (χ1) is 9.06. The Kier molecular flexibility index (Phi) is 4.46. The van der Waals surface area contributed by atoms with Gasteiger partial charge in [-0.15, -0.1) is 11.8 Å². The highest BCUT2D eigenvalue weighted by molar-refractivity contribution is 7.99. The maximum atomic E-state index is 11.8. The van der Waals surface area contributed by atoms with Crippen molar-refractivity contribution in [1.82, 2.24) is 9.55 Å². The van der Waals surface area contributed by atoms with Crippen LogP contribution in [0.1, 0.15) is 19.6 Å². The molecule has 3 N–H and O–H groups in total. The smallest absolute Gasteiger partial charge is 0.330 e. The summed E-state index contributed by atoms with van der Waals surface area (Å²) in [5, 5.41) is 18.7. The van der Waals surface area contributed by atoms with Crippen LogP contribution in [0.15, 0.2) is 20.7 Å². The van der Waals surface area contributed by atoms with Gasteiger partial charge in [-0.2, -0.15) is 0 Å². The molecule has 0 amide bonds. The Balaban J connectivity index is 2.33. The van der Waals surface area contributed by atoms with Crippen LogP contribution in [0, 0.1) is 0 Å². The van der Waals surface area contributed by atoms with Crippen molar-refractivity contribution >= 4 is 11.8 Å². The van der Waals surface area contributed by atoms with Gasteiger partial charge in [0.2, 0.25) is 0 Å². The van der Waals surface area contributed by atoms with E-state index >= 15 is 0 Å². The van der Waals surface area contributed by atoms with Crippen molar-refractivity contribution in [2.45, 2.75) is 36.7 Å². The monoisotopic (exact) mass is 288 g/mol. The lowest BCUT2D eigenvalue weighted by atomic mass is 10.2. The molecule has 1 aromatic rings. The van der Waals surface area contributed by atoms with Crippen LogP contribution in [0.4, 0.5) is 0 Å². The molecular weight excluding hydrogens is 272 g/mol. The number of hydrogen-bond donors (Lipinski definition) is 3. The number of H-pyrrole nitrogens is 1. The third-order valence-corrected chi connectivity index (χ3v) is 3.82. The van der Waals surface area contributed by atoms with E-state index in [9.17, 15) is 14.7 Å². The van der Waals surface area contributed by atoms with Gasteiger partial charge in [0.15, 0.2) is 0 Å². The van der Waals surface area contributed by atoms with E-state index in [1.807, 2.05) is 6.92 Å². The van der Waals surface area contributed by atoms with Gasteiger partial charge in [0.05, 0.1) is 17.6 Å². The number of rotatable bonds is 4. The number of thioether (sulfide) groups is 1. The minimum atomic E-state index is -0.823. The molecule has 8 heteroatoms. The van der Waals surface area contributed by atoms with Gasteiger partial charge in [-0.05, 0) is 5.75 Å². The predicted octanol–water partition coefficient (Wildman–Crippen LogP) is -0.711. The van der Waals surface area contributed by atoms with E-state index in [-0.39, 0.29) is 13.0 Å². The van der Waals surface area contributed by atoms with Crippen LogP contribution in [0.2, 0.25) is 0 Å². The van der Waals surface area contributed by atoms with Gasteiger partial charge in [-0.1, -0.05) is 6.92 Å². The van der Waals surface area contributed by atoms with Gasteiger partial charge in [0, 0.05) is 12.6 Å². The molecule has 0 aliphatic carbocycles. The Bertz CT molecular complexity index is 555. The Morgan fingerprint density at radius 3 is 2.89 bits per heavy atom. The van der Waals surface area contributed by atoms with Crippen LogP contribution in [0.3, 0.4) is 0 Å². The molecule has 0 bridgehead atoms. The molecule has 2 rings (SSSR count). The van der Waals surface area contributed by atoms with Crippen molar-refractivity contribution in [3.05, 3.63) is 27.0 Å². The van der Waals surface area contributed by atoms with Gasteiger partial charge in [0.1, 0.15) is 12.3 Å². The Labute approximate surface area is 113 Å². The summed E-state index contributed by atoms with van der Waals surface area (Å²) in [5.74, 6) is 0.703. The molecule has 7 nitrogen and oxygen atoms in total. The van der Waals surface area contributed by atoms with E-state index in [1.54, 1.807) is 0 Å². The summed E-state index contributed by atoms with van der Waals surface area (Å²) >= 11 is 1.32. The molecule has 0 unspecified atom stereocenters. The molecule has 1 aliphatic heterocycles. The average Bonchev–Trinajstić information content (AvgIpc) is 2.74. The molecule has 1 saturated heterocycles. The third-order valence-electron chi connectivity index (χ3n) is 2.93. The zero-order valence-corrected chi connectivity index (χ0v) is 11.2. The molecule has 0 spiro atoms. The van der Waals surface area contributed by atoms with E-state index in [0.29, 0.717) is 10.6 Å². The first kappa shape index (κ1) is 14.3. The lowest BCUT2D eigenvalue weighted by molar-refractivity contribution is -0.0461. The fourth-order valence-corrected chi connectivity index (χ4v) is 2.67. The molecule has 3 atom stereocenters. The topological polar surface area (TPSA) is 105 Å². The van der Waals surface area contributed by atoms with E-state index < -0.39 is 29.7 Å². The van der Waals surface area contributed by atoms with E-state index in [4.69, 9.17) is 9.84 Å². The zero-order chi connectivity index (χ0) is 14.0. The second kappa shape index (κ2) is 5.91. The number of nitrogens with one attached hydrogen (secondary N) is 1. The van der Waals surface area contributed by atoms with E-state index in [0.717, 1.165) is 0 Å². The maximum absolute atomic E-state index is 11.8. The van der Waals surface area contributed by atoms with Crippen molar-refractivity contribution < 1.29 is 14.9 Å². The van der Waals surface area contributed by atoms with Crippen LogP contribution >= 0.6 is 11.8 Å². The van der Waals surface area contributed by atoms with Crippen molar-refractivity contribution in [2.75, 3.05) is 12.4 Å². The molecular formula is C11H16N2O5S. The van der Waals surface area contributed by atoms with Gasteiger partial charge in [-0.3, -0.25) is 14.3 Å². The standard InChI is InChI=1S/C11H16N2O5S/c1-2-19-8-4-13(11(17)12-10(8)16)9-3-6(15)7(5-14)18-9/h4,6-7,9,14-15H,2-3,5H2,1H3,(H,12,16,17)/t6-,7+,9+/m0/s1. The Hall–Kier alpha value is -1.09. The summed E-state index contributed by atoms with van der Waals surface area (Å²) in [5.41, 5.74) is -1.01. The summed E-state index contributed by atoms with van der Waals surface area (Å²) in [7, 11) is 0. The van der Waals surface area contributed by atoms with Crippen LogP contribution in [-0.2, 0) is 4.74 Å². The van der Waals surface area contributed by atoms with Gasteiger partial charge < -0.3 is 14.9 Å². The van der Waals surface area contributed by atoms with Crippen molar-refractivity contribution in [3.63, 3.8) is 0 Å². The number of ether oxygens (including phenoxy) is 1. The zero-order valence-electron chi connectivity index (χ0n) is 10.4. The fourth-order valence-electron chi connectivity index (χ4n) is 1.99. The van der Waals surface area contributed by atoms with Crippen molar-refractivity contribution in [1.29, 1.82) is 0 Å². The lowest BCUT2D eigenvalue weighted by Crippen LogP contribution is -2.33. The molecule has 1 aliphatic rings. The first-order valence-corrected chi connectivity index (χ1v) is 6.98. The second-order valence-corrected chi connectivity index (χ2v) is 5.51. The SMILES string of the molecule is CCSc1cn([C@H]2C[C@H](O)[C@@H](CO)O2)c(=O)[nH]c1=O. The summed E-state index contributed by atoms with van der Waals surface area (Å²) in [4.78, 5) is 26.0. The van der Waals surface area contributed by atoms with Crippen molar-refractivity contribution in [3.8, 4) is 0 Å². The predicted molar refractivity (Wildman–Crippen MR) is 69.3 cm³/mol. The van der Waals surface area contributed by atoms with Gasteiger partial charge in [-0.25, -0.2) is 4.79 Å². The summed E-state index contributed by atoms with van der Waals surface area (Å²) in [6.07, 6.45) is -0.560. The minimum absolute atomic E-state index is 0.202. The molecule has 19 heavy (non-hydrogen) atoms. The Morgan fingerprint density at radius 2 is 2.32 bits per heavy atom. The largest absolute Gasteiger partial charge is 0.394 e. The number of hydrogen-bond acceptors (Lipinski definition) is 6. The Morgan fingerprint density at radius 1 is 1.58 bits per heavy atom. The molecule has 106 valence electrons. The van der Waals surface area contributed by atoms with Gasteiger partial charge >= 0.3 is 5.69 Å². The number of aliphatic hydroxyl groups excluding tert-OH is 2. The summed E-state index contributed by atoms with van der Waals surface area (Å²) in [6.45, 7) is 1.59. The van der Waals surface area contributed by atoms with Crippen LogP contribution in [0.25, 0.3) is 0 Å². The van der Waals surface area contributed by atoms with Crippen molar-refractivity contribution in [2.24, 2.45) is 0 Å². The first-order valence-electron chi connectivity index (χ1n) is 5.99. The quantitative estimate of drug-likeness (QED) is 0.632. The molecule has 0 saturated carbocycles. The lowest BCUT2D eigenvalue weighted by Gasteiger charge is -2.15. The van der Waals surface area contributed by atoms with Crippen LogP contribution in [-0.4, -0.2) is 44.3 Å². The van der Waals surface area contributed by atoms with Crippen LogP contribution in [0.5, 0.6) is 0 Å². The number of nitrogens with zero attached hydrogens (tertiary/aromatic N) is 1. The highest BCUT2D eigenvalue weighted by Crippen LogP contribution is 2.27. The molecule has 1 aromatic heterocycles. The average molecular weight is 288 g/mol.